The number of methoxy groups -OCH3 is 1. The third-order valence-electron chi connectivity index (χ3n) is 2.31. The summed E-state index contributed by atoms with van der Waals surface area (Å²) in [4.78, 5) is 21.4. The van der Waals surface area contributed by atoms with Crippen LogP contribution in [0.25, 0.3) is 0 Å². The van der Waals surface area contributed by atoms with Crippen molar-refractivity contribution < 1.29 is 19.2 Å². The van der Waals surface area contributed by atoms with Crippen LogP contribution in [-0.4, -0.2) is 23.6 Å². The van der Waals surface area contributed by atoms with Crippen LogP contribution < -0.4 is 4.74 Å². The summed E-state index contributed by atoms with van der Waals surface area (Å²) in [7, 11) is 1.48. The topological polar surface area (TPSA) is 78.7 Å². The standard InChI is InChI=1S/C11H13NO5S/c1-7-4-9(12(14)15)8(5-10(7)16-2)6-17-11(13)18-3/h4-5H,6H2,1-3H3. The van der Waals surface area contributed by atoms with Gasteiger partial charge in [0.25, 0.3) is 5.69 Å². The summed E-state index contributed by atoms with van der Waals surface area (Å²) in [6.07, 6.45) is 1.58. The van der Waals surface area contributed by atoms with Crippen LogP contribution in [0.4, 0.5) is 10.5 Å². The number of carbonyl (C=O) groups excluding carboxylic acids is 1. The lowest BCUT2D eigenvalue weighted by Crippen LogP contribution is -2.03. The van der Waals surface area contributed by atoms with Crippen LogP contribution in [0.3, 0.4) is 0 Å². The molecule has 0 fully saturated rings. The summed E-state index contributed by atoms with van der Waals surface area (Å²) in [5.74, 6) is 0.524. The number of thioether (sulfide) groups is 1. The first-order chi connectivity index (χ1) is 8.49. The van der Waals surface area contributed by atoms with E-state index in [-0.39, 0.29) is 12.3 Å². The van der Waals surface area contributed by atoms with Gasteiger partial charge in [-0.25, -0.2) is 4.79 Å². The van der Waals surface area contributed by atoms with E-state index in [0.29, 0.717) is 16.9 Å². The summed E-state index contributed by atoms with van der Waals surface area (Å²) in [5.41, 5.74) is 0.885. The van der Waals surface area contributed by atoms with Gasteiger partial charge in [0.05, 0.1) is 17.6 Å². The van der Waals surface area contributed by atoms with Gasteiger partial charge < -0.3 is 9.47 Å². The largest absolute Gasteiger partial charge is 0.496 e. The Hall–Kier alpha value is -1.76. The van der Waals surface area contributed by atoms with Gasteiger partial charge in [-0.1, -0.05) is 0 Å². The van der Waals surface area contributed by atoms with Gasteiger partial charge in [0.2, 0.25) is 0 Å². The average Bonchev–Trinajstić information content (AvgIpc) is 2.36. The van der Waals surface area contributed by atoms with Gasteiger partial charge in [-0.05, 0) is 36.6 Å². The number of hydrogen-bond acceptors (Lipinski definition) is 6. The maximum atomic E-state index is 11.0. The second-order valence-corrected chi connectivity index (χ2v) is 4.19. The van der Waals surface area contributed by atoms with Gasteiger partial charge in [0.15, 0.2) is 0 Å². The molecule has 0 atom stereocenters. The Kier molecular flexibility index (Phi) is 4.96. The van der Waals surface area contributed by atoms with Gasteiger partial charge >= 0.3 is 5.30 Å². The van der Waals surface area contributed by atoms with Gasteiger partial charge in [0.1, 0.15) is 12.4 Å². The van der Waals surface area contributed by atoms with Gasteiger partial charge in [-0.2, -0.15) is 0 Å². The van der Waals surface area contributed by atoms with E-state index < -0.39 is 10.2 Å². The lowest BCUT2D eigenvalue weighted by molar-refractivity contribution is -0.385. The van der Waals surface area contributed by atoms with E-state index in [1.807, 2.05) is 0 Å². The molecule has 98 valence electrons. The number of carbonyl (C=O) groups is 1. The van der Waals surface area contributed by atoms with E-state index in [1.165, 1.54) is 19.2 Å². The first-order valence-corrected chi connectivity index (χ1v) is 6.24. The molecule has 0 spiro atoms. The number of aryl methyl sites for hydroxylation is 1. The van der Waals surface area contributed by atoms with Crippen molar-refractivity contribution in [2.75, 3.05) is 13.4 Å². The van der Waals surface area contributed by atoms with Crippen molar-refractivity contribution in [3.8, 4) is 5.75 Å². The molecule has 0 unspecified atom stereocenters. The Bertz CT molecular complexity index is 475. The highest BCUT2D eigenvalue weighted by Gasteiger charge is 2.18. The number of nitro benzene ring substituents is 1. The zero-order valence-corrected chi connectivity index (χ0v) is 11.1. The minimum absolute atomic E-state index is 0.0813. The van der Waals surface area contributed by atoms with Crippen LogP contribution in [-0.2, 0) is 11.3 Å². The Labute approximate surface area is 108 Å². The molecule has 0 N–H and O–H groups in total. The Morgan fingerprint density at radius 1 is 1.50 bits per heavy atom. The van der Waals surface area contributed by atoms with Crippen LogP contribution in [0.15, 0.2) is 12.1 Å². The van der Waals surface area contributed by atoms with Crippen LogP contribution in [0.5, 0.6) is 5.75 Å². The molecule has 0 bridgehead atoms. The number of hydrogen-bond donors (Lipinski definition) is 0. The molecule has 6 nitrogen and oxygen atoms in total. The average molecular weight is 271 g/mol. The molecular formula is C11H13NO5S. The highest BCUT2D eigenvalue weighted by Crippen LogP contribution is 2.28. The zero-order valence-electron chi connectivity index (χ0n) is 10.3. The monoisotopic (exact) mass is 271 g/mol. The van der Waals surface area contributed by atoms with Crippen molar-refractivity contribution in [3.63, 3.8) is 0 Å². The lowest BCUT2D eigenvalue weighted by atomic mass is 10.1. The molecular weight excluding hydrogens is 258 g/mol. The predicted molar refractivity (Wildman–Crippen MR) is 68.1 cm³/mol. The number of benzene rings is 1. The first kappa shape index (κ1) is 14.3. The van der Waals surface area contributed by atoms with E-state index in [9.17, 15) is 14.9 Å². The third-order valence-corrected chi connectivity index (χ3v) is 2.76. The molecule has 0 radical (unpaired) electrons. The molecule has 0 aliphatic heterocycles. The SMILES string of the molecule is COc1cc(COC(=O)SC)c([N+](=O)[O-])cc1C. The molecule has 0 heterocycles. The molecule has 1 aromatic carbocycles. The Morgan fingerprint density at radius 3 is 2.67 bits per heavy atom. The number of rotatable bonds is 4. The molecule has 0 saturated heterocycles. The Balaban J connectivity index is 3.06. The number of nitro groups is 1. The summed E-state index contributed by atoms with van der Waals surface area (Å²) in [6, 6.07) is 2.92. The molecule has 0 aromatic heterocycles. The molecule has 0 amide bonds. The van der Waals surface area contributed by atoms with E-state index in [0.717, 1.165) is 11.8 Å². The smallest absolute Gasteiger partial charge is 0.367 e. The highest BCUT2D eigenvalue weighted by atomic mass is 32.2. The molecule has 0 aliphatic carbocycles. The van der Waals surface area contributed by atoms with E-state index >= 15 is 0 Å². The zero-order chi connectivity index (χ0) is 13.7. The van der Waals surface area contributed by atoms with Crippen molar-refractivity contribution in [2.45, 2.75) is 13.5 Å². The van der Waals surface area contributed by atoms with Crippen LogP contribution in [0.1, 0.15) is 11.1 Å². The quantitative estimate of drug-likeness (QED) is 0.476. The molecule has 18 heavy (non-hydrogen) atoms. The highest BCUT2D eigenvalue weighted by molar-refractivity contribution is 8.12. The molecule has 0 saturated carbocycles. The van der Waals surface area contributed by atoms with Crippen molar-refractivity contribution in [1.82, 2.24) is 0 Å². The lowest BCUT2D eigenvalue weighted by Gasteiger charge is -2.09. The van der Waals surface area contributed by atoms with E-state index in [2.05, 4.69) is 0 Å². The van der Waals surface area contributed by atoms with E-state index in [4.69, 9.17) is 9.47 Å². The fraction of sp³-hybridized carbons (Fsp3) is 0.364. The van der Waals surface area contributed by atoms with Gasteiger partial charge in [0, 0.05) is 6.07 Å². The maximum absolute atomic E-state index is 11.0. The van der Waals surface area contributed by atoms with Gasteiger partial charge in [-0.15, -0.1) is 0 Å². The fourth-order valence-corrected chi connectivity index (χ4v) is 1.59. The van der Waals surface area contributed by atoms with E-state index in [1.54, 1.807) is 13.2 Å². The van der Waals surface area contributed by atoms with Crippen LogP contribution in [0.2, 0.25) is 0 Å². The minimum atomic E-state index is -0.505. The van der Waals surface area contributed by atoms with Gasteiger partial charge in [-0.3, -0.25) is 10.1 Å². The van der Waals surface area contributed by atoms with Crippen molar-refractivity contribution in [1.29, 1.82) is 0 Å². The summed E-state index contributed by atoms with van der Waals surface area (Å²) in [6.45, 7) is 1.57. The summed E-state index contributed by atoms with van der Waals surface area (Å²) >= 11 is 0.909. The molecule has 0 aliphatic rings. The summed E-state index contributed by atoms with van der Waals surface area (Å²) < 4.78 is 9.96. The second kappa shape index (κ2) is 6.25. The predicted octanol–water partition coefficient (Wildman–Crippen LogP) is 2.91. The normalized spacial score (nSPS) is 9.94. The third kappa shape index (κ3) is 3.36. The van der Waals surface area contributed by atoms with Crippen LogP contribution in [0, 0.1) is 17.0 Å². The van der Waals surface area contributed by atoms with Crippen molar-refractivity contribution in [3.05, 3.63) is 33.4 Å². The maximum Gasteiger partial charge on any atom is 0.367 e. The van der Waals surface area contributed by atoms with Crippen LogP contribution >= 0.6 is 11.8 Å². The minimum Gasteiger partial charge on any atom is -0.496 e. The summed E-state index contributed by atoms with van der Waals surface area (Å²) in [5, 5.41) is 10.4. The molecule has 1 rings (SSSR count). The first-order valence-electron chi connectivity index (χ1n) is 5.02. The second-order valence-electron chi connectivity index (χ2n) is 3.45. The molecule has 7 heteroatoms. The number of ether oxygens (including phenoxy) is 2. The number of nitrogens with zero attached hydrogens (tertiary/aromatic N) is 1. The van der Waals surface area contributed by atoms with Crippen molar-refractivity contribution >= 4 is 22.8 Å². The van der Waals surface area contributed by atoms with Crippen molar-refractivity contribution in [2.24, 2.45) is 0 Å². The molecule has 1 aromatic rings. The fourth-order valence-electron chi connectivity index (χ4n) is 1.42. The Morgan fingerprint density at radius 2 is 2.17 bits per heavy atom.